The van der Waals surface area contributed by atoms with Crippen LogP contribution in [0.1, 0.15) is 37.4 Å². The summed E-state index contributed by atoms with van der Waals surface area (Å²) in [6.07, 6.45) is 7.19. The predicted molar refractivity (Wildman–Crippen MR) is 130 cm³/mol. The summed E-state index contributed by atoms with van der Waals surface area (Å²) >= 11 is 5.65. The topological polar surface area (TPSA) is 86.3 Å². The molecule has 1 amide bonds. The first kappa shape index (κ1) is 23.0. The molecule has 0 N–H and O–H groups in total. The molecule has 0 saturated carbocycles. The Morgan fingerprint density at radius 1 is 1.24 bits per heavy atom. The van der Waals surface area contributed by atoms with Crippen molar-refractivity contribution < 1.29 is 13.6 Å². The van der Waals surface area contributed by atoms with E-state index in [0.717, 1.165) is 25.0 Å². The molecule has 1 unspecified atom stereocenters. The van der Waals surface area contributed by atoms with Crippen LogP contribution in [0.2, 0.25) is 0 Å². The fraction of sp³-hybridized carbons (Fsp3) is 0.261. The van der Waals surface area contributed by atoms with Gasteiger partial charge in [-0.1, -0.05) is 0 Å². The van der Waals surface area contributed by atoms with Crippen LogP contribution >= 0.6 is 21.5 Å². The smallest absolute Gasteiger partial charge is 0.259 e. The van der Waals surface area contributed by atoms with Gasteiger partial charge < -0.3 is 9.32 Å². The number of carbonyl (C=O) groups is 1. The molecule has 3 aromatic rings. The third kappa shape index (κ3) is 4.12. The number of hydrogen-bond acceptors (Lipinski definition) is 6. The maximum absolute atomic E-state index is 14.6. The van der Waals surface area contributed by atoms with Gasteiger partial charge in [0.05, 0.1) is 29.3 Å². The van der Waals surface area contributed by atoms with Gasteiger partial charge in [0.1, 0.15) is 23.7 Å². The Bertz CT molecular complexity index is 1260. The summed E-state index contributed by atoms with van der Waals surface area (Å²) < 4.78 is 19.8. The number of aromatic nitrogens is 2. The number of amides is 1. The van der Waals surface area contributed by atoms with E-state index in [0.29, 0.717) is 11.6 Å². The molecular formula is C23H21FN5O2PS. The zero-order valence-corrected chi connectivity index (χ0v) is 20.1. The van der Waals surface area contributed by atoms with Gasteiger partial charge in [-0.25, -0.2) is 9.37 Å². The fourth-order valence-electron chi connectivity index (χ4n) is 3.80. The highest BCUT2D eigenvalue weighted by Crippen LogP contribution is 2.36. The number of nitriles is 1. The number of nitrogens with zero attached hydrogens (tertiary/aromatic N) is 5. The molecule has 1 saturated heterocycles. The maximum Gasteiger partial charge on any atom is 0.259 e. The van der Waals surface area contributed by atoms with Crippen molar-refractivity contribution in [2.24, 2.45) is 0 Å². The van der Waals surface area contributed by atoms with Crippen molar-refractivity contribution in [2.45, 2.75) is 38.6 Å². The van der Waals surface area contributed by atoms with Crippen LogP contribution in [0.15, 0.2) is 47.3 Å². The molecule has 4 rings (SSSR count). The Labute approximate surface area is 198 Å². The standard InChI is InChI=1S/C23H21FN5O2PS/c1-23(2)21(30)28(17-9-6-14(12-25)19(24)20(17)32)22(33)29(23)16-8-7-15(27-13-16)4-3-5-18-26-10-11-31-18/h6-11,13H,3-5,32H2,1-2H3. The lowest BCUT2D eigenvalue weighted by Crippen LogP contribution is -2.44. The van der Waals surface area contributed by atoms with E-state index in [1.165, 1.54) is 17.0 Å². The van der Waals surface area contributed by atoms with Crippen LogP contribution in [-0.2, 0) is 17.6 Å². The molecule has 0 aliphatic carbocycles. The summed E-state index contributed by atoms with van der Waals surface area (Å²) in [5.74, 6) is -0.292. The number of aryl methyl sites for hydroxylation is 2. The minimum Gasteiger partial charge on any atom is -0.449 e. The number of anilines is 2. The van der Waals surface area contributed by atoms with Gasteiger partial charge in [-0.15, -0.1) is 9.24 Å². The molecule has 1 fully saturated rings. The zero-order valence-electron chi connectivity index (χ0n) is 18.1. The molecule has 1 atom stereocenters. The fourth-order valence-corrected chi connectivity index (χ4v) is 4.69. The van der Waals surface area contributed by atoms with Gasteiger partial charge in [-0.3, -0.25) is 14.7 Å². The van der Waals surface area contributed by atoms with E-state index in [-0.39, 0.29) is 27.6 Å². The molecule has 1 aliphatic rings. The largest absolute Gasteiger partial charge is 0.449 e. The Morgan fingerprint density at radius 2 is 2.03 bits per heavy atom. The third-order valence-corrected chi connectivity index (χ3v) is 6.47. The van der Waals surface area contributed by atoms with Gasteiger partial charge in [0.15, 0.2) is 11.0 Å². The van der Waals surface area contributed by atoms with Crippen molar-refractivity contribution in [3.8, 4) is 6.07 Å². The van der Waals surface area contributed by atoms with E-state index >= 15 is 0 Å². The number of carbonyl (C=O) groups excluding carboxylic acids is 1. The zero-order chi connectivity index (χ0) is 23.8. The van der Waals surface area contributed by atoms with Crippen LogP contribution in [0.3, 0.4) is 0 Å². The highest BCUT2D eigenvalue weighted by Gasteiger charge is 2.50. The second-order valence-electron chi connectivity index (χ2n) is 8.08. The Kier molecular flexibility index (Phi) is 6.24. The van der Waals surface area contributed by atoms with Gasteiger partial charge in [0.25, 0.3) is 5.91 Å². The van der Waals surface area contributed by atoms with Crippen LogP contribution in [-0.4, -0.2) is 26.5 Å². The molecule has 7 nitrogen and oxygen atoms in total. The number of benzene rings is 1. The first-order valence-corrected chi connectivity index (χ1v) is 11.2. The van der Waals surface area contributed by atoms with E-state index in [9.17, 15) is 9.18 Å². The molecule has 1 aliphatic heterocycles. The van der Waals surface area contributed by atoms with Gasteiger partial charge in [0.2, 0.25) is 0 Å². The highest BCUT2D eigenvalue weighted by atomic mass is 32.1. The molecule has 1 aromatic carbocycles. The number of oxazole rings is 1. The van der Waals surface area contributed by atoms with Crippen LogP contribution in [0, 0.1) is 17.1 Å². The minimum atomic E-state index is -1.01. The van der Waals surface area contributed by atoms with Crippen molar-refractivity contribution in [2.75, 3.05) is 9.80 Å². The summed E-state index contributed by atoms with van der Waals surface area (Å²) in [5.41, 5.74) is 0.750. The lowest BCUT2D eigenvalue weighted by Gasteiger charge is -2.29. The summed E-state index contributed by atoms with van der Waals surface area (Å²) in [7, 11) is 2.26. The molecular weight excluding hydrogens is 460 g/mol. The van der Waals surface area contributed by atoms with Crippen molar-refractivity contribution in [3.63, 3.8) is 0 Å². The Hall–Kier alpha value is -3.21. The van der Waals surface area contributed by atoms with Crippen LogP contribution in [0.5, 0.6) is 0 Å². The summed E-state index contributed by atoms with van der Waals surface area (Å²) in [4.78, 5) is 25.0. The maximum atomic E-state index is 14.6. The molecule has 0 bridgehead atoms. The number of rotatable bonds is 6. The van der Waals surface area contributed by atoms with E-state index in [4.69, 9.17) is 21.9 Å². The third-order valence-electron chi connectivity index (χ3n) is 5.56. The average molecular weight is 481 g/mol. The van der Waals surface area contributed by atoms with Crippen molar-refractivity contribution in [3.05, 3.63) is 65.9 Å². The molecule has 2 aromatic heterocycles. The lowest BCUT2D eigenvalue weighted by atomic mass is 10.0. The number of pyridine rings is 1. The molecule has 3 heterocycles. The normalized spacial score (nSPS) is 15.2. The number of thiocarbonyl (C=S) groups is 1. The first-order valence-electron chi connectivity index (χ1n) is 10.3. The second-order valence-corrected chi connectivity index (χ2v) is 9.02. The summed E-state index contributed by atoms with van der Waals surface area (Å²) in [6, 6.07) is 8.46. The SMILES string of the molecule is CC1(C)C(=O)N(c2ccc(C#N)c(F)c2P)C(=S)N1c1ccc(CCCc2ncco2)nc1. The monoisotopic (exact) mass is 481 g/mol. The second kappa shape index (κ2) is 8.97. The Morgan fingerprint density at radius 3 is 2.67 bits per heavy atom. The quantitative estimate of drug-likeness (QED) is 0.392. The van der Waals surface area contributed by atoms with E-state index in [1.54, 1.807) is 43.5 Å². The van der Waals surface area contributed by atoms with Gasteiger partial charge in [-0.05, 0) is 63.2 Å². The van der Waals surface area contributed by atoms with Crippen molar-refractivity contribution in [1.82, 2.24) is 9.97 Å². The van der Waals surface area contributed by atoms with Gasteiger partial charge in [-0.2, -0.15) is 5.26 Å². The lowest BCUT2D eigenvalue weighted by molar-refractivity contribution is -0.120. The van der Waals surface area contributed by atoms with Crippen LogP contribution < -0.4 is 15.1 Å². The average Bonchev–Trinajstić information content (AvgIpc) is 3.36. The molecule has 0 radical (unpaired) electrons. The van der Waals surface area contributed by atoms with Gasteiger partial charge in [0, 0.05) is 17.4 Å². The summed E-state index contributed by atoms with van der Waals surface area (Å²) in [6.45, 7) is 3.52. The summed E-state index contributed by atoms with van der Waals surface area (Å²) in [5, 5.41) is 9.40. The molecule has 33 heavy (non-hydrogen) atoms. The highest BCUT2D eigenvalue weighted by molar-refractivity contribution is 7.81. The van der Waals surface area contributed by atoms with Crippen molar-refractivity contribution in [1.29, 1.82) is 5.26 Å². The van der Waals surface area contributed by atoms with E-state index in [2.05, 4.69) is 19.2 Å². The molecule has 0 spiro atoms. The molecule has 10 heteroatoms. The molecule has 168 valence electrons. The number of halogens is 1. The van der Waals surface area contributed by atoms with E-state index in [1.807, 2.05) is 12.1 Å². The predicted octanol–water partition coefficient (Wildman–Crippen LogP) is 3.67. The van der Waals surface area contributed by atoms with Gasteiger partial charge >= 0.3 is 0 Å². The minimum absolute atomic E-state index is 0.0972. The first-order chi connectivity index (χ1) is 15.8. The van der Waals surface area contributed by atoms with E-state index < -0.39 is 11.4 Å². The number of hydrogen-bond donors (Lipinski definition) is 0. The van der Waals surface area contributed by atoms with Crippen LogP contribution in [0.25, 0.3) is 0 Å². The van der Waals surface area contributed by atoms with Crippen molar-refractivity contribution >= 4 is 49.2 Å². The van der Waals surface area contributed by atoms with Crippen LogP contribution in [0.4, 0.5) is 15.8 Å². The Balaban J connectivity index is 1.57.